The molecule has 1 aliphatic carbocycles. The molecule has 2 amide bonds. The Bertz CT molecular complexity index is 1180. The van der Waals surface area contributed by atoms with Crippen LogP contribution in [0.4, 0.5) is 10.5 Å². The molecule has 7 heteroatoms. The van der Waals surface area contributed by atoms with Crippen molar-refractivity contribution in [2.24, 2.45) is 0 Å². The van der Waals surface area contributed by atoms with Crippen molar-refractivity contribution in [2.75, 3.05) is 19.0 Å². The number of benzene rings is 3. The van der Waals surface area contributed by atoms with E-state index in [1.54, 1.807) is 18.2 Å². The summed E-state index contributed by atoms with van der Waals surface area (Å²) in [4.78, 5) is 37.4. The average Bonchev–Trinajstić information content (AvgIpc) is 3.15. The molecule has 7 nitrogen and oxygen atoms in total. The van der Waals surface area contributed by atoms with Crippen molar-refractivity contribution in [3.63, 3.8) is 0 Å². The average molecular weight is 444 g/mol. The van der Waals surface area contributed by atoms with Gasteiger partial charge in [0.15, 0.2) is 0 Å². The minimum Gasteiger partial charge on any atom is -0.480 e. The first-order chi connectivity index (χ1) is 15.9. The third kappa shape index (κ3) is 4.43. The van der Waals surface area contributed by atoms with E-state index in [9.17, 15) is 14.4 Å². The number of carboxylic acids is 1. The van der Waals surface area contributed by atoms with Gasteiger partial charge in [-0.05, 0) is 47.4 Å². The van der Waals surface area contributed by atoms with Crippen LogP contribution in [0.25, 0.3) is 11.1 Å². The van der Waals surface area contributed by atoms with Crippen molar-refractivity contribution in [1.82, 2.24) is 4.90 Å². The van der Waals surface area contributed by atoms with E-state index < -0.39 is 24.0 Å². The van der Waals surface area contributed by atoms with Crippen LogP contribution in [0.15, 0.2) is 72.8 Å². The van der Waals surface area contributed by atoms with E-state index in [4.69, 9.17) is 9.84 Å². The van der Waals surface area contributed by atoms with Gasteiger partial charge in [-0.1, -0.05) is 54.6 Å². The number of carboxylic acid groups (broad SMARTS) is 1. The number of nitrogens with one attached hydrogen (secondary N) is 1. The van der Waals surface area contributed by atoms with Gasteiger partial charge in [0.05, 0.1) is 0 Å². The van der Waals surface area contributed by atoms with E-state index in [1.807, 2.05) is 36.4 Å². The van der Waals surface area contributed by atoms with Crippen molar-refractivity contribution in [3.8, 4) is 11.1 Å². The van der Waals surface area contributed by atoms with Gasteiger partial charge in [-0.2, -0.15) is 0 Å². The molecule has 0 radical (unpaired) electrons. The van der Waals surface area contributed by atoms with Crippen LogP contribution in [-0.2, 0) is 9.53 Å². The zero-order valence-electron chi connectivity index (χ0n) is 18.3. The van der Waals surface area contributed by atoms with Crippen LogP contribution < -0.4 is 5.32 Å². The fourth-order valence-electron chi connectivity index (χ4n) is 4.03. The Morgan fingerprint density at radius 1 is 0.970 bits per heavy atom. The van der Waals surface area contributed by atoms with E-state index in [0.717, 1.165) is 27.2 Å². The van der Waals surface area contributed by atoms with Gasteiger partial charge in [0.2, 0.25) is 0 Å². The fourth-order valence-corrected chi connectivity index (χ4v) is 4.03. The second-order valence-electron chi connectivity index (χ2n) is 7.96. The summed E-state index contributed by atoms with van der Waals surface area (Å²) in [6.07, 6.45) is -0.631. The molecule has 0 bridgehead atoms. The molecule has 1 aliphatic rings. The zero-order chi connectivity index (χ0) is 23.5. The third-order valence-corrected chi connectivity index (χ3v) is 5.96. The van der Waals surface area contributed by atoms with Crippen LogP contribution in [-0.4, -0.2) is 47.7 Å². The Labute approximate surface area is 191 Å². The number of carbonyl (C=O) groups excluding carboxylic acids is 2. The lowest BCUT2D eigenvalue weighted by atomic mass is 9.98. The predicted octanol–water partition coefficient (Wildman–Crippen LogP) is 4.59. The van der Waals surface area contributed by atoms with Crippen LogP contribution in [0.3, 0.4) is 0 Å². The molecular weight excluding hydrogens is 420 g/mol. The summed E-state index contributed by atoms with van der Waals surface area (Å²) < 4.78 is 5.54. The molecule has 0 fully saturated rings. The summed E-state index contributed by atoms with van der Waals surface area (Å²) >= 11 is 0. The first-order valence-corrected chi connectivity index (χ1v) is 10.6. The third-order valence-electron chi connectivity index (χ3n) is 5.96. The summed E-state index contributed by atoms with van der Waals surface area (Å²) in [5.41, 5.74) is 5.18. The maximum Gasteiger partial charge on any atom is 0.411 e. The molecule has 168 valence electrons. The summed E-state index contributed by atoms with van der Waals surface area (Å²) in [5, 5.41) is 11.8. The van der Waals surface area contributed by atoms with Gasteiger partial charge >= 0.3 is 12.1 Å². The number of likely N-dealkylation sites (N-methyl/N-ethyl adjacent to an activating group) is 1. The van der Waals surface area contributed by atoms with Crippen molar-refractivity contribution in [3.05, 3.63) is 89.5 Å². The lowest BCUT2D eigenvalue weighted by Gasteiger charge is -2.21. The van der Waals surface area contributed by atoms with Crippen LogP contribution in [0, 0.1) is 0 Å². The molecule has 2 N–H and O–H groups in total. The zero-order valence-corrected chi connectivity index (χ0v) is 18.3. The molecule has 0 heterocycles. The highest BCUT2D eigenvalue weighted by Gasteiger charge is 2.29. The first-order valence-electron chi connectivity index (χ1n) is 10.6. The summed E-state index contributed by atoms with van der Waals surface area (Å²) in [7, 11) is 1.42. The van der Waals surface area contributed by atoms with Crippen molar-refractivity contribution < 1.29 is 24.2 Å². The number of hydrogen-bond acceptors (Lipinski definition) is 4. The smallest absolute Gasteiger partial charge is 0.411 e. The number of amides is 2. The fraction of sp³-hybridized carbons (Fsp3) is 0.192. The molecule has 3 aromatic carbocycles. The maximum atomic E-state index is 12.6. The molecular formula is C26H24N2O5. The standard InChI is InChI=1S/C26H24N2O5/c1-16(25(30)31)28(2)24(29)17-8-7-9-18(14-17)27-26(32)33-15-23-21-12-5-3-10-19(21)20-11-4-6-13-22(20)23/h3-14,16,23H,15H2,1-2H3,(H,27,32)(H,30,31). The second-order valence-corrected chi connectivity index (χ2v) is 7.96. The number of aliphatic carboxylic acids is 1. The molecule has 1 unspecified atom stereocenters. The summed E-state index contributed by atoms with van der Waals surface area (Å²) in [5.74, 6) is -1.61. The van der Waals surface area contributed by atoms with Gasteiger partial charge in [0.1, 0.15) is 12.6 Å². The topological polar surface area (TPSA) is 95.9 Å². The predicted molar refractivity (Wildman–Crippen MR) is 124 cm³/mol. The van der Waals surface area contributed by atoms with Crippen LogP contribution in [0.2, 0.25) is 0 Å². The van der Waals surface area contributed by atoms with E-state index in [2.05, 4.69) is 17.4 Å². The monoisotopic (exact) mass is 444 g/mol. The van der Waals surface area contributed by atoms with Crippen LogP contribution in [0.5, 0.6) is 0 Å². The molecule has 0 aromatic heterocycles. The maximum absolute atomic E-state index is 12.6. The van der Waals surface area contributed by atoms with E-state index in [1.165, 1.54) is 20.0 Å². The SMILES string of the molecule is CC(C(=O)O)N(C)C(=O)c1cccc(NC(=O)OCC2c3ccccc3-c3ccccc32)c1. The highest BCUT2D eigenvalue weighted by Crippen LogP contribution is 2.44. The highest BCUT2D eigenvalue weighted by molar-refractivity contribution is 5.98. The van der Waals surface area contributed by atoms with Crippen LogP contribution in [0.1, 0.15) is 34.3 Å². The lowest BCUT2D eigenvalue weighted by Crippen LogP contribution is -2.40. The Hall–Kier alpha value is -4.13. The number of hydrogen-bond donors (Lipinski definition) is 2. The van der Waals surface area contributed by atoms with Gasteiger partial charge in [0.25, 0.3) is 5.91 Å². The highest BCUT2D eigenvalue weighted by atomic mass is 16.5. The molecule has 4 rings (SSSR count). The van der Waals surface area contributed by atoms with Crippen molar-refractivity contribution in [2.45, 2.75) is 18.9 Å². The van der Waals surface area contributed by atoms with E-state index in [-0.39, 0.29) is 18.1 Å². The normalized spacial score (nSPS) is 12.9. The Morgan fingerprint density at radius 3 is 2.18 bits per heavy atom. The quantitative estimate of drug-likeness (QED) is 0.580. The molecule has 0 saturated heterocycles. The number of carbonyl (C=O) groups is 3. The largest absolute Gasteiger partial charge is 0.480 e. The Balaban J connectivity index is 1.43. The number of nitrogens with zero attached hydrogens (tertiary/aromatic N) is 1. The van der Waals surface area contributed by atoms with E-state index in [0.29, 0.717) is 5.69 Å². The molecule has 1 atom stereocenters. The van der Waals surface area contributed by atoms with Crippen LogP contribution >= 0.6 is 0 Å². The molecule has 3 aromatic rings. The molecule has 33 heavy (non-hydrogen) atoms. The van der Waals surface area contributed by atoms with Gasteiger partial charge in [-0.15, -0.1) is 0 Å². The molecule has 0 saturated carbocycles. The second kappa shape index (κ2) is 9.16. The molecule has 0 aliphatic heterocycles. The van der Waals surface area contributed by atoms with Gasteiger partial charge < -0.3 is 14.7 Å². The van der Waals surface area contributed by atoms with Gasteiger partial charge in [-0.25, -0.2) is 9.59 Å². The number of ether oxygens (including phenoxy) is 1. The van der Waals surface area contributed by atoms with Gasteiger partial charge in [0, 0.05) is 24.2 Å². The van der Waals surface area contributed by atoms with E-state index >= 15 is 0 Å². The minimum atomic E-state index is -1.10. The summed E-state index contributed by atoms with van der Waals surface area (Å²) in [6, 6.07) is 21.5. The van der Waals surface area contributed by atoms with Crippen molar-refractivity contribution in [1.29, 1.82) is 0 Å². The Kier molecular flexibility index (Phi) is 6.13. The Morgan fingerprint density at radius 2 is 1.58 bits per heavy atom. The minimum absolute atomic E-state index is 0.0535. The lowest BCUT2D eigenvalue weighted by molar-refractivity contribution is -0.141. The first kappa shape index (κ1) is 22.1. The summed E-state index contributed by atoms with van der Waals surface area (Å²) in [6.45, 7) is 1.61. The van der Waals surface area contributed by atoms with Crippen molar-refractivity contribution >= 4 is 23.7 Å². The number of fused-ring (bicyclic) bond motifs is 3. The van der Waals surface area contributed by atoms with Gasteiger partial charge in [-0.3, -0.25) is 10.1 Å². The number of rotatable bonds is 6. The number of anilines is 1. The molecule has 0 spiro atoms.